The molecule has 0 aromatic carbocycles. The zero-order valence-electron chi connectivity index (χ0n) is 12.2. The number of nitrogens with one attached hydrogen (secondary N) is 1. The lowest BCUT2D eigenvalue weighted by molar-refractivity contribution is -0.149. The molecule has 2 heterocycles. The number of amides is 1. The summed E-state index contributed by atoms with van der Waals surface area (Å²) in [4.78, 5) is 13.5. The highest BCUT2D eigenvalue weighted by molar-refractivity contribution is 5.85. The molecular weight excluding hydrogens is 305 g/mol. The third-order valence-electron chi connectivity index (χ3n) is 4.69. The summed E-state index contributed by atoms with van der Waals surface area (Å²) in [5.74, 6) is -0.340. The zero-order chi connectivity index (χ0) is 14.6. The van der Waals surface area contributed by atoms with Crippen molar-refractivity contribution in [3.05, 3.63) is 0 Å². The highest BCUT2D eigenvalue weighted by Crippen LogP contribution is 2.39. The maximum Gasteiger partial charge on any atom is 0.389 e. The van der Waals surface area contributed by atoms with E-state index in [0.29, 0.717) is 18.5 Å². The first-order valence-corrected chi connectivity index (χ1v) is 7.46. The first kappa shape index (κ1) is 18.6. The molecule has 0 atom stereocenters. The van der Waals surface area contributed by atoms with Crippen molar-refractivity contribution in [1.82, 2.24) is 10.2 Å². The fourth-order valence-electron chi connectivity index (χ4n) is 3.37. The predicted molar refractivity (Wildman–Crippen MR) is 77.5 cm³/mol. The summed E-state index contributed by atoms with van der Waals surface area (Å²) in [6.07, 6.45) is -0.454. The van der Waals surface area contributed by atoms with Crippen LogP contribution in [-0.4, -0.2) is 43.2 Å². The SMILES string of the molecule is Cl.O=C(CCC(F)(F)F)N1CCCC2(CCNCC2)CC1. The van der Waals surface area contributed by atoms with Gasteiger partial charge in [-0.1, -0.05) is 0 Å². The van der Waals surface area contributed by atoms with Gasteiger partial charge in [0.2, 0.25) is 5.91 Å². The van der Waals surface area contributed by atoms with Crippen LogP contribution in [0.5, 0.6) is 0 Å². The molecule has 2 aliphatic heterocycles. The third kappa shape index (κ3) is 5.66. The number of alkyl halides is 3. The molecule has 1 N–H and O–H groups in total. The van der Waals surface area contributed by atoms with E-state index >= 15 is 0 Å². The first-order chi connectivity index (χ1) is 9.40. The average Bonchev–Trinajstić information content (AvgIpc) is 2.59. The van der Waals surface area contributed by atoms with Crippen LogP contribution in [0, 0.1) is 5.41 Å². The molecule has 0 radical (unpaired) electrons. The van der Waals surface area contributed by atoms with E-state index in [1.165, 1.54) is 0 Å². The van der Waals surface area contributed by atoms with Crippen molar-refractivity contribution < 1.29 is 18.0 Å². The van der Waals surface area contributed by atoms with Gasteiger partial charge in [0.25, 0.3) is 0 Å². The van der Waals surface area contributed by atoms with Crippen LogP contribution in [0.1, 0.15) is 44.9 Å². The highest BCUT2D eigenvalue weighted by atomic mass is 35.5. The molecule has 0 aromatic rings. The van der Waals surface area contributed by atoms with Crippen LogP contribution in [-0.2, 0) is 4.79 Å². The van der Waals surface area contributed by atoms with Gasteiger partial charge in [-0.3, -0.25) is 4.79 Å². The first-order valence-electron chi connectivity index (χ1n) is 7.46. The van der Waals surface area contributed by atoms with Crippen molar-refractivity contribution in [2.75, 3.05) is 26.2 Å². The Morgan fingerprint density at radius 3 is 2.38 bits per heavy atom. The predicted octanol–water partition coefficient (Wildman–Crippen LogP) is 3.13. The molecule has 1 spiro atoms. The van der Waals surface area contributed by atoms with E-state index in [9.17, 15) is 18.0 Å². The van der Waals surface area contributed by atoms with Gasteiger partial charge in [0, 0.05) is 19.5 Å². The van der Waals surface area contributed by atoms with E-state index in [-0.39, 0.29) is 18.3 Å². The maximum absolute atomic E-state index is 12.2. The van der Waals surface area contributed by atoms with E-state index in [2.05, 4.69) is 5.32 Å². The smallest absolute Gasteiger partial charge is 0.343 e. The van der Waals surface area contributed by atoms with E-state index in [1.54, 1.807) is 4.90 Å². The Morgan fingerprint density at radius 2 is 1.76 bits per heavy atom. The molecule has 2 fully saturated rings. The van der Waals surface area contributed by atoms with Gasteiger partial charge < -0.3 is 10.2 Å². The number of nitrogens with zero attached hydrogens (tertiary/aromatic N) is 1. The Kier molecular flexibility index (Phi) is 6.78. The van der Waals surface area contributed by atoms with Crippen molar-refractivity contribution in [3.8, 4) is 0 Å². The number of carbonyl (C=O) groups excluding carboxylic acids is 1. The van der Waals surface area contributed by atoms with Crippen LogP contribution in [0.15, 0.2) is 0 Å². The molecule has 124 valence electrons. The summed E-state index contributed by atoms with van der Waals surface area (Å²) in [6, 6.07) is 0. The van der Waals surface area contributed by atoms with Gasteiger partial charge in [0.15, 0.2) is 0 Å². The fourth-order valence-corrected chi connectivity index (χ4v) is 3.37. The lowest BCUT2D eigenvalue weighted by Gasteiger charge is -2.37. The number of hydrogen-bond donors (Lipinski definition) is 1. The third-order valence-corrected chi connectivity index (χ3v) is 4.69. The number of carbonyl (C=O) groups is 1. The van der Waals surface area contributed by atoms with Crippen LogP contribution in [0.4, 0.5) is 13.2 Å². The summed E-state index contributed by atoms with van der Waals surface area (Å²) >= 11 is 0. The number of piperidine rings is 1. The maximum atomic E-state index is 12.2. The van der Waals surface area contributed by atoms with Gasteiger partial charge in [-0.2, -0.15) is 13.2 Å². The molecule has 0 aliphatic carbocycles. The summed E-state index contributed by atoms with van der Waals surface area (Å²) in [6.45, 7) is 3.27. The van der Waals surface area contributed by atoms with Crippen molar-refractivity contribution >= 4 is 18.3 Å². The Labute approximate surface area is 130 Å². The molecule has 7 heteroatoms. The minimum Gasteiger partial charge on any atom is -0.343 e. The molecular formula is C14H24ClF3N2O. The molecule has 2 saturated heterocycles. The van der Waals surface area contributed by atoms with Gasteiger partial charge in [0.05, 0.1) is 6.42 Å². The van der Waals surface area contributed by atoms with Crippen molar-refractivity contribution in [1.29, 1.82) is 0 Å². The molecule has 0 unspecified atom stereocenters. The molecule has 0 aromatic heterocycles. The molecule has 1 amide bonds. The average molecular weight is 329 g/mol. The zero-order valence-corrected chi connectivity index (χ0v) is 13.0. The van der Waals surface area contributed by atoms with E-state index in [0.717, 1.165) is 45.2 Å². The molecule has 3 nitrogen and oxygen atoms in total. The molecule has 2 aliphatic rings. The Morgan fingerprint density at radius 1 is 1.10 bits per heavy atom. The minimum absolute atomic E-state index is 0. The van der Waals surface area contributed by atoms with Crippen LogP contribution >= 0.6 is 12.4 Å². The van der Waals surface area contributed by atoms with Crippen LogP contribution in [0.2, 0.25) is 0 Å². The number of rotatable bonds is 2. The van der Waals surface area contributed by atoms with E-state index in [4.69, 9.17) is 0 Å². The van der Waals surface area contributed by atoms with Gasteiger partial charge in [-0.25, -0.2) is 0 Å². The normalized spacial score (nSPS) is 22.5. The molecule has 0 saturated carbocycles. The number of likely N-dealkylation sites (tertiary alicyclic amines) is 1. The van der Waals surface area contributed by atoms with Crippen LogP contribution in [0.3, 0.4) is 0 Å². The Hall–Kier alpha value is -0.490. The minimum atomic E-state index is -4.24. The lowest BCUT2D eigenvalue weighted by atomic mass is 9.73. The van der Waals surface area contributed by atoms with Crippen molar-refractivity contribution in [2.24, 2.45) is 5.41 Å². The van der Waals surface area contributed by atoms with Crippen molar-refractivity contribution in [2.45, 2.75) is 51.1 Å². The quantitative estimate of drug-likeness (QED) is 0.844. The second-order valence-corrected chi connectivity index (χ2v) is 6.10. The highest BCUT2D eigenvalue weighted by Gasteiger charge is 2.35. The van der Waals surface area contributed by atoms with Gasteiger partial charge in [-0.15, -0.1) is 12.4 Å². The van der Waals surface area contributed by atoms with Gasteiger partial charge in [-0.05, 0) is 50.6 Å². The summed E-state index contributed by atoms with van der Waals surface area (Å²) < 4.78 is 36.5. The van der Waals surface area contributed by atoms with Crippen molar-refractivity contribution in [3.63, 3.8) is 0 Å². The molecule has 21 heavy (non-hydrogen) atoms. The number of halogens is 4. The van der Waals surface area contributed by atoms with Crippen LogP contribution in [0.25, 0.3) is 0 Å². The summed E-state index contributed by atoms with van der Waals surface area (Å²) in [5, 5.41) is 3.34. The lowest BCUT2D eigenvalue weighted by Crippen LogP contribution is -2.38. The topological polar surface area (TPSA) is 32.3 Å². The summed E-state index contributed by atoms with van der Waals surface area (Å²) in [7, 11) is 0. The Balaban J connectivity index is 0.00000220. The standard InChI is InChI=1S/C14H23F3N2O.ClH/c15-14(16,17)4-2-12(20)19-10-1-3-13(7-11-19)5-8-18-9-6-13;/h18H,1-11H2;1H. The van der Waals surface area contributed by atoms with E-state index in [1.807, 2.05) is 0 Å². The van der Waals surface area contributed by atoms with Gasteiger partial charge in [0.1, 0.15) is 0 Å². The summed E-state index contributed by atoms with van der Waals surface area (Å²) in [5.41, 5.74) is 0.310. The largest absolute Gasteiger partial charge is 0.389 e. The number of hydrogen-bond acceptors (Lipinski definition) is 2. The Bertz CT molecular complexity index is 344. The molecule has 2 rings (SSSR count). The van der Waals surface area contributed by atoms with Gasteiger partial charge >= 0.3 is 6.18 Å². The molecule has 0 bridgehead atoms. The van der Waals surface area contributed by atoms with E-state index < -0.39 is 19.0 Å². The second kappa shape index (κ2) is 7.68. The van der Waals surface area contributed by atoms with Crippen LogP contribution < -0.4 is 5.32 Å². The fraction of sp³-hybridized carbons (Fsp3) is 0.929. The monoisotopic (exact) mass is 328 g/mol. The second-order valence-electron chi connectivity index (χ2n) is 6.10.